The molecular weight excluding hydrogens is 338 g/mol. The van der Waals surface area contributed by atoms with Gasteiger partial charge >= 0.3 is 0 Å². The van der Waals surface area contributed by atoms with Gasteiger partial charge in [0.1, 0.15) is 0 Å². The van der Waals surface area contributed by atoms with Crippen molar-refractivity contribution in [2.75, 3.05) is 11.1 Å². The highest BCUT2D eigenvalue weighted by molar-refractivity contribution is 8.01. The summed E-state index contributed by atoms with van der Waals surface area (Å²) in [6, 6.07) is 15.4. The molecule has 122 valence electrons. The number of hydrogen-bond donors (Lipinski definition) is 1. The molecule has 1 N–H and O–H groups in total. The summed E-state index contributed by atoms with van der Waals surface area (Å²) >= 11 is 2.87. The van der Waals surface area contributed by atoms with E-state index in [1.807, 2.05) is 42.5 Å². The van der Waals surface area contributed by atoms with Crippen molar-refractivity contribution in [3.63, 3.8) is 0 Å². The van der Waals surface area contributed by atoms with E-state index in [0.717, 1.165) is 20.7 Å². The van der Waals surface area contributed by atoms with E-state index in [-0.39, 0.29) is 5.78 Å². The van der Waals surface area contributed by atoms with E-state index >= 15 is 0 Å². The van der Waals surface area contributed by atoms with Crippen molar-refractivity contribution in [3.05, 3.63) is 65.2 Å². The van der Waals surface area contributed by atoms with Crippen LogP contribution in [-0.2, 0) is 0 Å². The molecule has 0 atom stereocenters. The van der Waals surface area contributed by atoms with Crippen LogP contribution in [0.5, 0.6) is 0 Å². The monoisotopic (exact) mass is 355 g/mol. The molecule has 0 radical (unpaired) electrons. The van der Waals surface area contributed by atoms with E-state index < -0.39 is 0 Å². The number of nitrogens with zero attached hydrogens (tertiary/aromatic N) is 2. The minimum absolute atomic E-state index is 0.0971. The number of nitrogens with one attached hydrogen (secondary N) is 1. The van der Waals surface area contributed by atoms with Crippen molar-refractivity contribution < 1.29 is 4.79 Å². The normalized spacial score (nSPS) is 10.6. The van der Waals surface area contributed by atoms with E-state index in [0.29, 0.717) is 5.75 Å². The van der Waals surface area contributed by atoms with Crippen molar-refractivity contribution in [3.8, 4) is 0 Å². The molecule has 0 bridgehead atoms. The molecule has 3 rings (SSSR count). The summed E-state index contributed by atoms with van der Waals surface area (Å²) in [5.41, 5.74) is 4.18. The highest BCUT2D eigenvalue weighted by Gasteiger charge is 2.10. The van der Waals surface area contributed by atoms with Crippen LogP contribution in [0.2, 0.25) is 0 Å². The minimum Gasteiger partial charge on any atom is -0.330 e. The Morgan fingerprint density at radius 3 is 2.67 bits per heavy atom. The predicted molar refractivity (Wildman–Crippen MR) is 101 cm³/mol. The molecule has 6 heteroatoms. The number of ketones is 1. The number of benzene rings is 2. The van der Waals surface area contributed by atoms with Crippen LogP contribution in [-0.4, -0.2) is 21.7 Å². The quantitative estimate of drug-likeness (QED) is 0.505. The van der Waals surface area contributed by atoms with E-state index in [2.05, 4.69) is 35.4 Å². The molecule has 1 aromatic heterocycles. The molecular formula is C18H17N3OS2. The first-order valence-corrected chi connectivity index (χ1v) is 9.31. The van der Waals surface area contributed by atoms with Crippen molar-refractivity contribution in [2.45, 2.75) is 18.2 Å². The number of rotatable bonds is 6. The average molecular weight is 355 g/mol. The molecule has 0 amide bonds. The third-order valence-electron chi connectivity index (χ3n) is 3.68. The van der Waals surface area contributed by atoms with Gasteiger partial charge < -0.3 is 5.32 Å². The van der Waals surface area contributed by atoms with Crippen LogP contribution in [0.25, 0.3) is 0 Å². The maximum absolute atomic E-state index is 12.1. The number of carbonyl (C=O) groups is 1. The number of carbonyl (C=O) groups excluding carboxylic acids is 1. The lowest BCUT2D eigenvalue weighted by Crippen LogP contribution is -2.01. The highest BCUT2D eigenvalue weighted by atomic mass is 32.2. The molecule has 0 fully saturated rings. The number of Topliss-reactive ketones (excluding diaryl/α,β-unsaturated/α-hetero) is 1. The van der Waals surface area contributed by atoms with Crippen molar-refractivity contribution in [2.24, 2.45) is 0 Å². The smallest absolute Gasteiger partial charge is 0.210 e. The van der Waals surface area contributed by atoms with Gasteiger partial charge in [0.25, 0.3) is 0 Å². The first kappa shape index (κ1) is 16.7. The van der Waals surface area contributed by atoms with Gasteiger partial charge in [-0.3, -0.25) is 4.79 Å². The topological polar surface area (TPSA) is 54.9 Å². The lowest BCUT2D eigenvalue weighted by atomic mass is 10.1. The fraction of sp³-hybridized carbons (Fsp3) is 0.167. The summed E-state index contributed by atoms with van der Waals surface area (Å²) in [4.78, 5) is 12.1. The first-order valence-electron chi connectivity index (χ1n) is 7.51. The van der Waals surface area contributed by atoms with Gasteiger partial charge in [0, 0.05) is 11.3 Å². The number of hydrogen-bond acceptors (Lipinski definition) is 6. The van der Waals surface area contributed by atoms with Crippen LogP contribution in [0.1, 0.15) is 21.5 Å². The molecule has 0 spiro atoms. The Hall–Kier alpha value is -2.18. The molecule has 0 saturated carbocycles. The van der Waals surface area contributed by atoms with Gasteiger partial charge in [-0.15, -0.1) is 10.2 Å². The first-order chi connectivity index (χ1) is 11.6. The second-order valence-corrected chi connectivity index (χ2v) is 7.52. The van der Waals surface area contributed by atoms with Crippen molar-refractivity contribution >= 4 is 39.7 Å². The molecule has 0 saturated heterocycles. The van der Waals surface area contributed by atoms with Gasteiger partial charge in [0.05, 0.1) is 5.75 Å². The van der Waals surface area contributed by atoms with Gasteiger partial charge in [-0.2, -0.15) is 0 Å². The standard InChI is InChI=1S/C18H17N3OS2/c1-12-7-6-10-15(13(12)2)19-17-20-21-18(24-17)23-11-16(22)14-8-4-3-5-9-14/h3-10H,11H2,1-2H3,(H,19,20). The molecule has 0 aliphatic rings. The highest BCUT2D eigenvalue weighted by Crippen LogP contribution is 2.29. The third kappa shape index (κ3) is 4.01. The fourth-order valence-corrected chi connectivity index (χ4v) is 3.81. The summed E-state index contributed by atoms with van der Waals surface area (Å²) in [6.45, 7) is 4.16. The largest absolute Gasteiger partial charge is 0.330 e. The minimum atomic E-state index is 0.0971. The number of thioether (sulfide) groups is 1. The van der Waals surface area contributed by atoms with E-state index in [9.17, 15) is 4.79 Å². The van der Waals surface area contributed by atoms with E-state index in [1.54, 1.807) is 0 Å². The molecule has 2 aromatic carbocycles. The SMILES string of the molecule is Cc1cccc(Nc2nnc(SCC(=O)c3ccccc3)s2)c1C. The Balaban J connectivity index is 1.62. The summed E-state index contributed by atoms with van der Waals surface area (Å²) in [5.74, 6) is 0.460. The zero-order valence-corrected chi connectivity index (χ0v) is 15.1. The summed E-state index contributed by atoms with van der Waals surface area (Å²) < 4.78 is 0.784. The summed E-state index contributed by atoms with van der Waals surface area (Å²) in [6.07, 6.45) is 0. The Bertz CT molecular complexity index is 846. The average Bonchev–Trinajstić information content (AvgIpc) is 3.05. The van der Waals surface area contributed by atoms with Gasteiger partial charge in [0.15, 0.2) is 10.1 Å². The molecule has 0 aliphatic heterocycles. The Morgan fingerprint density at radius 1 is 1.08 bits per heavy atom. The fourth-order valence-electron chi connectivity index (χ4n) is 2.15. The second-order valence-electron chi connectivity index (χ2n) is 5.32. The number of aromatic nitrogens is 2. The van der Waals surface area contributed by atoms with Crippen LogP contribution in [0.4, 0.5) is 10.8 Å². The van der Waals surface area contributed by atoms with Gasteiger partial charge in [-0.05, 0) is 31.0 Å². The summed E-state index contributed by atoms with van der Waals surface area (Å²) in [7, 11) is 0. The van der Waals surface area contributed by atoms with Crippen LogP contribution in [0.3, 0.4) is 0 Å². The van der Waals surface area contributed by atoms with Gasteiger partial charge in [-0.1, -0.05) is 65.6 Å². The van der Waals surface area contributed by atoms with Crippen molar-refractivity contribution in [1.82, 2.24) is 10.2 Å². The van der Waals surface area contributed by atoms with Crippen LogP contribution >= 0.6 is 23.1 Å². The Labute approximate surface area is 149 Å². The number of aryl methyl sites for hydroxylation is 1. The predicted octanol–water partition coefficient (Wildman–Crippen LogP) is 4.87. The van der Waals surface area contributed by atoms with Gasteiger partial charge in [0.2, 0.25) is 5.13 Å². The van der Waals surface area contributed by atoms with Crippen LogP contribution in [0, 0.1) is 13.8 Å². The second kappa shape index (κ2) is 7.59. The maximum atomic E-state index is 12.1. The molecule has 3 aromatic rings. The van der Waals surface area contributed by atoms with E-state index in [1.165, 1.54) is 34.2 Å². The van der Waals surface area contributed by atoms with E-state index in [4.69, 9.17) is 0 Å². The van der Waals surface area contributed by atoms with Crippen LogP contribution < -0.4 is 5.32 Å². The van der Waals surface area contributed by atoms with Crippen molar-refractivity contribution in [1.29, 1.82) is 0 Å². The molecule has 24 heavy (non-hydrogen) atoms. The number of anilines is 2. The molecule has 1 heterocycles. The Morgan fingerprint density at radius 2 is 1.88 bits per heavy atom. The molecule has 4 nitrogen and oxygen atoms in total. The molecule has 0 aliphatic carbocycles. The molecule has 0 unspecified atom stereocenters. The van der Waals surface area contributed by atoms with Gasteiger partial charge in [-0.25, -0.2) is 0 Å². The lowest BCUT2D eigenvalue weighted by Gasteiger charge is -2.08. The summed E-state index contributed by atoms with van der Waals surface area (Å²) in [5, 5.41) is 12.3. The third-order valence-corrected chi connectivity index (χ3v) is 5.65. The zero-order chi connectivity index (χ0) is 16.9. The zero-order valence-electron chi connectivity index (χ0n) is 13.4. The lowest BCUT2D eigenvalue weighted by molar-refractivity contribution is 0.102. The maximum Gasteiger partial charge on any atom is 0.210 e. The van der Waals surface area contributed by atoms with Crippen LogP contribution in [0.15, 0.2) is 52.9 Å². The Kier molecular flexibility index (Phi) is 5.27.